The van der Waals surface area contributed by atoms with Crippen LogP contribution < -0.4 is 15.4 Å². The van der Waals surface area contributed by atoms with Crippen LogP contribution in [0.15, 0.2) is 30.5 Å². The number of nitrogens with zero attached hydrogens (tertiary/aromatic N) is 1. The van der Waals surface area contributed by atoms with Crippen molar-refractivity contribution in [3.63, 3.8) is 0 Å². The minimum Gasteiger partial charge on any atom is -0.497 e. The van der Waals surface area contributed by atoms with Crippen molar-refractivity contribution in [2.45, 2.75) is 0 Å². The number of hydrogen-bond donors (Lipinski definition) is 3. The minimum absolute atomic E-state index is 0.0959. The van der Waals surface area contributed by atoms with Crippen LogP contribution in [-0.4, -0.2) is 42.8 Å². The average Bonchev–Trinajstić information content (AvgIpc) is 2.95. The number of carbonyl (C=O) groups is 1. The SMILES string of the molecule is COc1ccc(-c2[nH]ncc2C(=O)NCC2CNC2)cc1. The Labute approximate surface area is 122 Å². The summed E-state index contributed by atoms with van der Waals surface area (Å²) in [6, 6.07) is 7.52. The number of ether oxygens (including phenoxy) is 1. The first-order chi connectivity index (χ1) is 10.3. The Morgan fingerprint density at radius 1 is 1.38 bits per heavy atom. The maximum atomic E-state index is 12.3. The van der Waals surface area contributed by atoms with Crippen molar-refractivity contribution in [3.8, 4) is 17.0 Å². The normalized spacial score (nSPS) is 14.5. The van der Waals surface area contributed by atoms with Crippen molar-refractivity contribution >= 4 is 5.91 Å². The second-order valence-electron chi connectivity index (χ2n) is 5.12. The summed E-state index contributed by atoms with van der Waals surface area (Å²) >= 11 is 0. The second-order valence-corrected chi connectivity index (χ2v) is 5.12. The summed E-state index contributed by atoms with van der Waals surface area (Å²) in [5, 5.41) is 13.0. The van der Waals surface area contributed by atoms with Crippen LogP contribution in [0.2, 0.25) is 0 Å². The lowest BCUT2D eigenvalue weighted by molar-refractivity contribution is 0.0943. The molecule has 1 fully saturated rings. The van der Waals surface area contributed by atoms with Crippen molar-refractivity contribution < 1.29 is 9.53 Å². The van der Waals surface area contributed by atoms with E-state index in [1.807, 2.05) is 24.3 Å². The molecule has 1 aromatic heterocycles. The molecule has 2 heterocycles. The maximum absolute atomic E-state index is 12.3. The molecular weight excluding hydrogens is 268 g/mol. The molecule has 0 unspecified atom stereocenters. The van der Waals surface area contributed by atoms with Gasteiger partial charge in [-0.2, -0.15) is 5.10 Å². The first-order valence-electron chi connectivity index (χ1n) is 6.94. The quantitative estimate of drug-likeness (QED) is 0.767. The van der Waals surface area contributed by atoms with Gasteiger partial charge in [0.25, 0.3) is 5.91 Å². The van der Waals surface area contributed by atoms with Gasteiger partial charge < -0.3 is 15.4 Å². The Morgan fingerprint density at radius 2 is 2.14 bits per heavy atom. The van der Waals surface area contributed by atoms with E-state index in [4.69, 9.17) is 4.74 Å². The summed E-state index contributed by atoms with van der Waals surface area (Å²) < 4.78 is 5.14. The second kappa shape index (κ2) is 5.97. The average molecular weight is 286 g/mol. The minimum atomic E-state index is -0.0959. The molecule has 6 nitrogen and oxygen atoms in total. The zero-order chi connectivity index (χ0) is 14.7. The molecule has 110 valence electrons. The van der Waals surface area contributed by atoms with Crippen LogP contribution in [0.4, 0.5) is 0 Å². The molecule has 0 atom stereocenters. The Hall–Kier alpha value is -2.34. The highest BCUT2D eigenvalue weighted by molar-refractivity contribution is 5.99. The van der Waals surface area contributed by atoms with E-state index < -0.39 is 0 Å². The van der Waals surface area contributed by atoms with Crippen molar-refractivity contribution in [3.05, 3.63) is 36.0 Å². The van der Waals surface area contributed by atoms with Crippen molar-refractivity contribution in [1.29, 1.82) is 0 Å². The molecule has 3 N–H and O–H groups in total. The molecule has 0 bridgehead atoms. The highest BCUT2D eigenvalue weighted by Crippen LogP contribution is 2.23. The first-order valence-corrected chi connectivity index (χ1v) is 6.94. The van der Waals surface area contributed by atoms with E-state index in [1.165, 1.54) is 0 Å². The molecule has 0 spiro atoms. The van der Waals surface area contributed by atoms with Crippen LogP contribution in [0, 0.1) is 5.92 Å². The fraction of sp³-hybridized carbons (Fsp3) is 0.333. The third kappa shape index (κ3) is 2.90. The summed E-state index contributed by atoms with van der Waals surface area (Å²) in [6.07, 6.45) is 1.56. The van der Waals surface area contributed by atoms with Gasteiger partial charge in [0, 0.05) is 31.1 Å². The lowest BCUT2D eigenvalue weighted by Gasteiger charge is -2.27. The third-order valence-corrected chi connectivity index (χ3v) is 3.68. The molecule has 1 aromatic carbocycles. The van der Waals surface area contributed by atoms with Gasteiger partial charge in [0.2, 0.25) is 0 Å². The number of rotatable bonds is 5. The van der Waals surface area contributed by atoms with Gasteiger partial charge in [-0.25, -0.2) is 0 Å². The molecule has 0 radical (unpaired) electrons. The monoisotopic (exact) mass is 286 g/mol. The molecule has 0 aliphatic carbocycles. The third-order valence-electron chi connectivity index (χ3n) is 3.68. The van der Waals surface area contributed by atoms with Crippen LogP contribution >= 0.6 is 0 Å². The predicted octanol–water partition coefficient (Wildman–Crippen LogP) is 1.03. The number of aromatic amines is 1. The number of benzene rings is 1. The number of H-pyrrole nitrogens is 1. The first kappa shape index (κ1) is 13.6. The van der Waals surface area contributed by atoms with Gasteiger partial charge in [-0.1, -0.05) is 0 Å². The highest BCUT2D eigenvalue weighted by atomic mass is 16.5. The van der Waals surface area contributed by atoms with Gasteiger partial charge in [0.1, 0.15) is 5.75 Å². The molecular formula is C15H18N4O2. The fourth-order valence-corrected chi connectivity index (χ4v) is 2.26. The van der Waals surface area contributed by atoms with Gasteiger partial charge in [-0.05, 0) is 24.3 Å². The largest absolute Gasteiger partial charge is 0.497 e. The molecule has 1 saturated heterocycles. The Bertz CT molecular complexity index is 617. The Kier molecular flexibility index (Phi) is 3.87. The van der Waals surface area contributed by atoms with Crippen molar-refractivity contribution in [1.82, 2.24) is 20.8 Å². The van der Waals surface area contributed by atoms with Gasteiger partial charge >= 0.3 is 0 Å². The van der Waals surface area contributed by atoms with E-state index in [1.54, 1.807) is 13.3 Å². The Balaban J connectivity index is 1.73. The van der Waals surface area contributed by atoms with E-state index >= 15 is 0 Å². The van der Waals surface area contributed by atoms with Crippen LogP contribution in [0.3, 0.4) is 0 Å². The number of amides is 1. The molecule has 3 rings (SSSR count). The smallest absolute Gasteiger partial charge is 0.255 e. The molecule has 2 aromatic rings. The molecule has 6 heteroatoms. The van der Waals surface area contributed by atoms with Crippen LogP contribution in [0.1, 0.15) is 10.4 Å². The van der Waals surface area contributed by atoms with E-state index in [-0.39, 0.29) is 5.91 Å². The highest BCUT2D eigenvalue weighted by Gasteiger charge is 2.20. The summed E-state index contributed by atoms with van der Waals surface area (Å²) in [7, 11) is 1.62. The van der Waals surface area contributed by atoms with Crippen LogP contribution in [0.5, 0.6) is 5.75 Å². The lowest BCUT2D eigenvalue weighted by atomic mass is 10.0. The molecule has 1 aliphatic heterocycles. The number of carbonyl (C=O) groups excluding carboxylic acids is 1. The van der Waals surface area contributed by atoms with Gasteiger partial charge in [0.05, 0.1) is 24.6 Å². The van der Waals surface area contributed by atoms with Crippen LogP contribution in [-0.2, 0) is 0 Å². The maximum Gasteiger partial charge on any atom is 0.255 e. The molecule has 1 aliphatic rings. The van der Waals surface area contributed by atoms with Gasteiger partial charge in [0.15, 0.2) is 0 Å². The van der Waals surface area contributed by atoms with E-state index in [2.05, 4.69) is 20.8 Å². The molecule has 0 saturated carbocycles. The number of hydrogen-bond acceptors (Lipinski definition) is 4. The van der Waals surface area contributed by atoms with Gasteiger partial charge in [-0.3, -0.25) is 9.89 Å². The van der Waals surface area contributed by atoms with E-state index in [0.29, 0.717) is 18.0 Å². The summed E-state index contributed by atoms with van der Waals surface area (Å²) in [5.41, 5.74) is 2.19. The number of methoxy groups -OCH3 is 1. The van der Waals surface area contributed by atoms with Crippen molar-refractivity contribution in [2.24, 2.45) is 5.92 Å². The Morgan fingerprint density at radius 3 is 2.76 bits per heavy atom. The van der Waals surface area contributed by atoms with E-state index in [9.17, 15) is 4.79 Å². The van der Waals surface area contributed by atoms with E-state index in [0.717, 1.165) is 30.1 Å². The lowest BCUT2D eigenvalue weighted by Crippen LogP contribution is -2.48. The topological polar surface area (TPSA) is 79.0 Å². The zero-order valence-electron chi connectivity index (χ0n) is 11.8. The zero-order valence-corrected chi connectivity index (χ0v) is 11.8. The predicted molar refractivity (Wildman–Crippen MR) is 79.3 cm³/mol. The molecule has 1 amide bonds. The molecule has 21 heavy (non-hydrogen) atoms. The number of nitrogens with one attached hydrogen (secondary N) is 3. The van der Waals surface area contributed by atoms with Crippen molar-refractivity contribution in [2.75, 3.05) is 26.7 Å². The summed E-state index contributed by atoms with van der Waals surface area (Å²) in [5.74, 6) is 1.22. The van der Waals surface area contributed by atoms with Gasteiger partial charge in [-0.15, -0.1) is 0 Å². The number of aromatic nitrogens is 2. The van der Waals surface area contributed by atoms with Crippen LogP contribution in [0.25, 0.3) is 11.3 Å². The fourth-order valence-electron chi connectivity index (χ4n) is 2.26. The standard InChI is InChI=1S/C15H18N4O2/c1-21-12-4-2-11(3-5-12)14-13(9-18-19-14)15(20)17-8-10-6-16-7-10/h2-5,9-10,16H,6-8H2,1H3,(H,17,20)(H,18,19). The summed E-state index contributed by atoms with van der Waals surface area (Å²) in [4.78, 5) is 12.3. The summed E-state index contributed by atoms with van der Waals surface area (Å²) in [6.45, 7) is 2.63.